The number of nitrogens with two attached hydrogens (primary N) is 1. The fourth-order valence-electron chi connectivity index (χ4n) is 2.00. The number of hydrogen-bond donors (Lipinski definition) is 3. The first-order valence-corrected chi connectivity index (χ1v) is 8.67. The Kier molecular flexibility index (Phi) is 8.51. The second-order valence-corrected chi connectivity index (χ2v) is 6.46. The number of benzene rings is 1. The first kappa shape index (κ1) is 18.4. The van der Waals surface area contributed by atoms with Crippen LogP contribution in [0.1, 0.15) is 51.5 Å². The Morgan fingerprint density at radius 2 is 2.09 bits per heavy atom. The average Bonchev–Trinajstić information content (AvgIpc) is 2.49. The van der Waals surface area contributed by atoms with Gasteiger partial charge in [0.1, 0.15) is 5.75 Å². The summed E-state index contributed by atoms with van der Waals surface area (Å²) in [6, 6.07) is 6.93. The molecule has 0 radical (unpaired) electrons. The highest BCUT2D eigenvalue weighted by Gasteiger charge is 2.08. The lowest BCUT2D eigenvalue weighted by Gasteiger charge is -2.12. The maximum absolute atomic E-state index is 11.8. The zero-order valence-corrected chi connectivity index (χ0v) is 14.2. The van der Waals surface area contributed by atoms with E-state index in [-0.39, 0.29) is 17.0 Å². The molecule has 0 spiro atoms. The molecule has 0 saturated heterocycles. The number of rotatable bonds is 9. The van der Waals surface area contributed by atoms with E-state index in [0.717, 1.165) is 12.8 Å². The molecule has 0 fully saturated rings. The van der Waals surface area contributed by atoms with Crippen LogP contribution in [0.4, 0.5) is 0 Å². The van der Waals surface area contributed by atoms with Gasteiger partial charge in [-0.25, -0.2) is 0 Å². The van der Waals surface area contributed by atoms with E-state index in [4.69, 9.17) is 5.73 Å². The second-order valence-electron chi connectivity index (χ2n) is 5.25. The minimum Gasteiger partial charge on any atom is -0.507 e. The lowest BCUT2D eigenvalue weighted by molar-refractivity contribution is -0.121. The number of unbranched alkanes of at least 4 members (excludes halogenated alkanes) is 3. The molecule has 122 valence electrons. The van der Waals surface area contributed by atoms with Crippen molar-refractivity contribution in [2.45, 2.75) is 51.3 Å². The van der Waals surface area contributed by atoms with Crippen LogP contribution in [0.3, 0.4) is 0 Å². The maximum atomic E-state index is 11.8. The third-order valence-corrected chi connectivity index (χ3v) is 4.15. The van der Waals surface area contributed by atoms with Gasteiger partial charge in [0, 0.05) is 17.7 Å². The number of phenols is 1. The maximum Gasteiger partial charge on any atom is 0.220 e. The summed E-state index contributed by atoms with van der Waals surface area (Å²) >= 11 is 1.43. The molecule has 1 rings (SSSR count). The Morgan fingerprint density at radius 1 is 1.36 bits per heavy atom. The molecule has 5 heteroatoms. The van der Waals surface area contributed by atoms with Crippen LogP contribution >= 0.6 is 11.8 Å². The molecule has 0 aliphatic carbocycles. The number of aromatic hydroxyl groups is 1. The van der Waals surface area contributed by atoms with Gasteiger partial charge in [-0.2, -0.15) is 0 Å². The molecular weight excluding hydrogens is 296 g/mol. The molecule has 4 N–H and O–H groups in total. The molecule has 0 heterocycles. The summed E-state index contributed by atoms with van der Waals surface area (Å²) in [7, 11) is 0. The minimum atomic E-state index is -0.0527. The third kappa shape index (κ3) is 6.89. The van der Waals surface area contributed by atoms with Crippen LogP contribution < -0.4 is 11.1 Å². The van der Waals surface area contributed by atoms with Gasteiger partial charge in [0.15, 0.2) is 0 Å². The zero-order valence-electron chi connectivity index (χ0n) is 13.3. The van der Waals surface area contributed by atoms with E-state index in [1.54, 1.807) is 23.6 Å². The summed E-state index contributed by atoms with van der Waals surface area (Å²) in [5.41, 5.74) is 7.05. The van der Waals surface area contributed by atoms with Gasteiger partial charge >= 0.3 is 0 Å². The quantitative estimate of drug-likeness (QED) is 0.477. The normalized spacial score (nSPS) is 12.9. The fourth-order valence-corrected chi connectivity index (χ4v) is 2.68. The minimum absolute atomic E-state index is 0.0527. The monoisotopic (exact) mass is 322 g/mol. The summed E-state index contributed by atoms with van der Waals surface area (Å²) in [6.07, 6.45) is 4.96. The summed E-state index contributed by atoms with van der Waals surface area (Å²) in [6.45, 7) is 4.07. The van der Waals surface area contributed by atoms with Gasteiger partial charge in [0.05, 0.1) is 5.37 Å². The number of thioether (sulfide) groups is 1. The van der Waals surface area contributed by atoms with Crippen molar-refractivity contribution in [3.05, 3.63) is 35.2 Å². The predicted octanol–water partition coefficient (Wildman–Crippen LogP) is 3.82. The average molecular weight is 322 g/mol. The Morgan fingerprint density at radius 3 is 2.77 bits per heavy atom. The summed E-state index contributed by atoms with van der Waals surface area (Å²) in [4.78, 5) is 11.8. The summed E-state index contributed by atoms with van der Waals surface area (Å²) in [5.74, 6) is 0.232. The molecule has 1 amide bonds. The number of carbonyl (C=O) groups is 1. The van der Waals surface area contributed by atoms with E-state index in [1.807, 2.05) is 13.0 Å². The number of para-hydroxylation sites is 1. The van der Waals surface area contributed by atoms with E-state index < -0.39 is 0 Å². The molecule has 0 aliphatic rings. The summed E-state index contributed by atoms with van der Waals surface area (Å²) < 4.78 is 0. The smallest absolute Gasteiger partial charge is 0.220 e. The number of hydrogen-bond acceptors (Lipinski definition) is 4. The Labute approximate surface area is 137 Å². The molecule has 0 aliphatic heterocycles. The fraction of sp³-hybridized carbons (Fsp3) is 0.471. The van der Waals surface area contributed by atoms with Gasteiger partial charge in [-0.05, 0) is 30.9 Å². The topological polar surface area (TPSA) is 75.4 Å². The van der Waals surface area contributed by atoms with E-state index in [1.165, 1.54) is 24.6 Å². The van der Waals surface area contributed by atoms with Gasteiger partial charge in [0.2, 0.25) is 5.91 Å². The molecule has 1 aromatic carbocycles. The van der Waals surface area contributed by atoms with Gasteiger partial charge in [0.25, 0.3) is 0 Å². The predicted molar refractivity (Wildman–Crippen MR) is 94.2 cm³/mol. The van der Waals surface area contributed by atoms with Crippen molar-refractivity contribution in [3.8, 4) is 5.75 Å². The van der Waals surface area contributed by atoms with Gasteiger partial charge in [-0.15, -0.1) is 11.8 Å². The second kappa shape index (κ2) is 10.2. The third-order valence-electron chi connectivity index (χ3n) is 3.24. The van der Waals surface area contributed by atoms with Crippen LogP contribution in [0.5, 0.6) is 5.75 Å². The highest BCUT2D eigenvalue weighted by molar-refractivity contribution is 8.02. The van der Waals surface area contributed by atoms with Crippen molar-refractivity contribution in [3.63, 3.8) is 0 Å². The SMILES string of the molecule is CCCCCCC(=O)NC(C)S/C=C(\N)c1ccccc1O. The van der Waals surface area contributed by atoms with Crippen LogP contribution in [0, 0.1) is 0 Å². The van der Waals surface area contributed by atoms with E-state index in [2.05, 4.69) is 12.2 Å². The standard InChI is InChI=1S/C17H26N2O2S/c1-3-4-5-6-11-17(21)19-13(2)22-12-15(18)14-9-7-8-10-16(14)20/h7-10,12-13,20H,3-6,11,18H2,1-2H3,(H,19,21)/b15-12-. The van der Waals surface area contributed by atoms with Crippen molar-refractivity contribution >= 4 is 23.4 Å². The van der Waals surface area contributed by atoms with Crippen LogP contribution in [0.2, 0.25) is 0 Å². The largest absolute Gasteiger partial charge is 0.507 e. The van der Waals surface area contributed by atoms with Crippen LogP contribution in [-0.4, -0.2) is 16.4 Å². The highest BCUT2D eigenvalue weighted by atomic mass is 32.2. The van der Waals surface area contributed by atoms with Crippen molar-refractivity contribution in [2.24, 2.45) is 5.73 Å². The van der Waals surface area contributed by atoms with Gasteiger partial charge in [-0.1, -0.05) is 38.3 Å². The van der Waals surface area contributed by atoms with Crippen LogP contribution in [-0.2, 0) is 4.79 Å². The lowest BCUT2D eigenvalue weighted by Crippen LogP contribution is -2.29. The molecule has 0 bridgehead atoms. The van der Waals surface area contributed by atoms with Crippen LogP contribution in [0.25, 0.3) is 5.70 Å². The molecule has 1 atom stereocenters. The Bertz CT molecular complexity index is 503. The van der Waals surface area contributed by atoms with E-state index in [9.17, 15) is 9.90 Å². The highest BCUT2D eigenvalue weighted by Crippen LogP contribution is 2.24. The molecular formula is C17H26N2O2S. The molecule has 4 nitrogen and oxygen atoms in total. The first-order valence-electron chi connectivity index (χ1n) is 7.73. The van der Waals surface area contributed by atoms with E-state index >= 15 is 0 Å². The van der Waals surface area contributed by atoms with Crippen molar-refractivity contribution in [2.75, 3.05) is 0 Å². The van der Waals surface area contributed by atoms with Crippen molar-refractivity contribution in [1.82, 2.24) is 5.32 Å². The molecule has 22 heavy (non-hydrogen) atoms. The number of carbonyl (C=O) groups excluding carboxylic acids is 1. The molecule has 0 aromatic heterocycles. The molecule has 1 unspecified atom stereocenters. The first-order chi connectivity index (χ1) is 10.5. The lowest BCUT2D eigenvalue weighted by atomic mass is 10.1. The van der Waals surface area contributed by atoms with Crippen LogP contribution in [0.15, 0.2) is 29.7 Å². The molecule has 1 aromatic rings. The van der Waals surface area contributed by atoms with Gasteiger partial charge in [-0.3, -0.25) is 4.79 Å². The zero-order chi connectivity index (χ0) is 16.4. The number of amides is 1. The number of phenolic OH excluding ortho intramolecular Hbond substituents is 1. The molecule has 0 saturated carbocycles. The van der Waals surface area contributed by atoms with Gasteiger partial charge < -0.3 is 16.2 Å². The Hall–Kier alpha value is -1.62. The van der Waals surface area contributed by atoms with Crippen molar-refractivity contribution in [1.29, 1.82) is 0 Å². The summed E-state index contributed by atoms with van der Waals surface area (Å²) in [5, 5.41) is 14.4. The Balaban J connectivity index is 2.38. The number of nitrogens with one attached hydrogen (secondary N) is 1. The van der Waals surface area contributed by atoms with E-state index in [0.29, 0.717) is 17.7 Å². The van der Waals surface area contributed by atoms with Crippen molar-refractivity contribution < 1.29 is 9.90 Å².